The summed E-state index contributed by atoms with van der Waals surface area (Å²) < 4.78 is 13.0. The Bertz CT molecular complexity index is 809. The van der Waals surface area contributed by atoms with E-state index in [0.29, 0.717) is 25.2 Å². The van der Waals surface area contributed by atoms with Gasteiger partial charge in [0.1, 0.15) is 17.6 Å². The van der Waals surface area contributed by atoms with Gasteiger partial charge in [-0.1, -0.05) is 24.3 Å². The molecule has 0 aliphatic carbocycles. The van der Waals surface area contributed by atoms with Crippen LogP contribution in [0.4, 0.5) is 4.39 Å². The first-order chi connectivity index (χ1) is 12.4. The van der Waals surface area contributed by atoms with Gasteiger partial charge in [0.2, 0.25) is 5.91 Å². The molecule has 2 aromatic carbocycles. The first-order valence-corrected chi connectivity index (χ1v) is 8.22. The molecule has 1 heterocycles. The van der Waals surface area contributed by atoms with Gasteiger partial charge in [-0.3, -0.25) is 14.5 Å². The first kappa shape index (κ1) is 17.9. The number of halogens is 1. The molecule has 7 heteroatoms. The summed E-state index contributed by atoms with van der Waals surface area (Å²) in [7, 11) is 0. The lowest BCUT2D eigenvalue weighted by molar-refractivity contribution is -0.148. The minimum atomic E-state index is -1.07. The fraction of sp³-hybridized carbons (Fsp3) is 0.263. The molecule has 1 aliphatic heterocycles. The lowest BCUT2D eigenvalue weighted by Crippen LogP contribution is -2.52. The normalized spacial score (nSPS) is 16.5. The number of carbonyl (C=O) groups excluding carboxylic acids is 1. The van der Waals surface area contributed by atoms with Gasteiger partial charge in [0, 0.05) is 19.6 Å². The molecule has 1 amide bonds. The molecule has 2 aromatic rings. The standard InChI is InChI=1S/C19H19FN2O4/c20-15-6-4-13(5-7-15)11-21-8-9-22(12-17(21)24)18(19(25)26)14-2-1-3-16(23)10-14/h1-7,10,18,23H,8-9,11-12H2,(H,25,26)/t18-/m0/s1. The molecule has 1 saturated heterocycles. The van der Waals surface area contributed by atoms with E-state index in [2.05, 4.69) is 0 Å². The number of hydrogen-bond acceptors (Lipinski definition) is 4. The number of rotatable bonds is 5. The predicted octanol–water partition coefficient (Wildman–Crippen LogP) is 2.00. The van der Waals surface area contributed by atoms with Crippen LogP contribution in [0, 0.1) is 5.82 Å². The van der Waals surface area contributed by atoms with Crippen molar-refractivity contribution < 1.29 is 24.2 Å². The fourth-order valence-electron chi connectivity index (χ4n) is 3.13. The summed E-state index contributed by atoms with van der Waals surface area (Å²) >= 11 is 0. The molecule has 0 spiro atoms. The first-order valence-electron chi connectivity index (χ1n) is 8.22. The van der Waals surface area contributed by atoms with Crippen LogP contribution in [0.15, 0.2) is 48.5 Å². The van der Waals surface area contributed by atoms with Gasteiger partial charge in [-0.2, -0.15) is 0 Å². The summed E-state index contributed by atoms with van der Waals surface area (Å²) in [6.45, 7) is 1.09. The van der Waals surface area contributed by atoms with Gasteiger partial charge in [-0.05, 0) is 35.4 Å². The highest BCUT2D eigenvalue weighted by Crippen LogP contribution is 2.26. The highest BCUT2D eigenvalue weighted by molar-refractivity contribution is 5.81. The second-order valence-electron chi connectivity index (χ2n) is 6.25. The minimum Gasteiger partial charge on any atom is -0.508 e. The summed E-state index contributed by atoms with van der Waals surface area (Å²) in [6.07, 6.45) is 0. The highest BCUT2D eigenvalue weighted by atomic mass is 19.1. The maximum absolute atomic E-state index is 13.0. The number of benzene rings is 2. The molecule has 136 valence electrons. The third-order valence-electron chi connectivity index (χ3n) is 4.42. The predicted molar refractivity (Wildman–Crippen MR) is 91.9 cm³/mol. The number of carboxylic acids is 1. The van der Waals surface area contributed by atoms with E-state index >= 15 is 0 Å². The Morgan fingerprint density at radius 2 is 1.88 bits per heavy atom. The number of aromatic hydroxyl groups is 1. The summed E-state index contributed by atoms with van der Waals surface area (Å²) in [6, 6.07) is 11.0. The largest absolute Gasteiger partial charge is 0.508 e. The van der Waals surface area contributed by atoms with Crippen molar-refractivity contribution in [1.82, 2.24) is 9.80 Å². The molecular weight excluding hydrogens is 339 g/mol. The molecule has 6 nitrogen and oxygen atoms in total. The van der Waals surface area contributed by atoms with Gasteiger partial charge in [-0.25, -0.2) is 4.39 Å². The van der Waals surface area contributed by atoms with E-state index in [4.69, 9.17) is 0 Å². The maximum Gasteiger partial charge on any atom is 0.325 e. The van der Waals surface area contributed by atoms with Crippen molar-refractivity contribution in [3.05, 3.63) is 65.5 Å². The van der Waals surface area contributed by atoms with Gasteiger partial charge in [0.05, 0.1) is 6.54 Å². The van der Waals surface area contributed by atoms with Crippen molar-refractivity contribution in [3.63, 3.8) is 0 Å². The molecule has 3 rings (SSSR count). The van der Waals surface area contributed by atoms with E-state index in [9.17, 15) is 24.2 Å². The van der Waals surface area contributed by atoms with E-state index in [1.54, 1.807) is 34.1 Å². The van der Waals surface area contributed by atoms with Crippen LogP contribution in [-0.2, 0) is 16.1 Å². The lowest BCUT2D eigenvalue weighted by atomic mass is 10.0. The molecule has 0 unspecified atom stereocenters. The van der Waals surface area contributed by atoms with E-state index in [1.807, 2.05) is 0 Å². The number of amides is 1. The Balaban J connectivity index is 1.71. The van der Waals surface area contributed by atoms with Crippen molar-refractivity contribution in [1.29, 1.82) is 0 Å². The number of carbonyl (C=O) groups is 2. The number of phenolic OH excluding ortho intramolecular Hbond substituents is 1. The van der Waals surface area contributed by atoms with Crippen molar-refractivity contribution in [2.45, 2.75) is 12.6 Å². The van der Waals surface area contributed by atoms with Crippen LogP contribution in [0.25, 0.3) is 0 Å². The van der Waals surface area contributed by atoms with Gasteiger partial charge in [0.25, 0.3) is 0 Å². The summed E-state index contributed by atoms with van der Waals surface area (Å²) in [5, 5.41) is 19.2. The number of aliphatic carboxylic acids is 1. The van der Waals surface area contributed by atoms with Crippen LogP contribution >= 0.6 is 0 Å². The summed E-state index contributed by atoms with van der Waals surface area (Å²) in [4.78, 5) is 27.4. The fourth-order valence-corrected chi connectivity index (χ4v) is 3.13. The zero-order valence-corrected chi connectivity index (χ0v) is 14.0. The average molecular weight is 358 g/mol. The van der Waals surface area contributed by atoms with Gasteiger partial charge < -0.3 is 15.1 Å². The zero-order valence-electron chi connectivity index (χ0n) is 14.0. The van der Waals surface area contributed by atoms with E-state index in [0.717, 1.165) is 5.56 Å². The van der Waals surface area contributed by atoms with E-state index < -0.39 is 12.0 Å². The van der Waals surface area contributed by atoms with Crippen LogP contribution < -0.4 is 0 Å². The van der Waals surface area contributed by atoms with Crippen LogP contribution in [0.5, 0.6) is 5.75 Å². The Morgan fingerprint density at radius 1 is 1.15 bits per heavy atom. The molecule has 0 aromatic heterocycles. The highest BCUT2D eigenvalue weighted by Gasteiger charge is 2.33. The van der Waals surface area contributed by atoms with Crippen molar-refractivity contribution >= 4 is 11.9 Å². The van der Waals surface area contributed by atoms with Crippen LogP contribution in [0.1, 0.15) is 17.2 Å². The smallest absolute Gasteiger partial charge is 0.325 e. The number of hydrogen-bond donors (Lipinski definition) is 2. The third kappa shape index (κ3) is 4.00. The van der Waals surface area contributed by atoms with Crippen molar-refractivity contribution in [2.75, 3.05) is 19.6 Å². The molecule has 0 saturated carbocycles. The average Bonchev–Trinajstić information content (AvgIpc) is 2.59. The topological polar surface area (TPSA) is 81.1 Å². The quantitative estimate of drug-likeness (QED) is 0.854. The molecule has 0 bridgehead atoms. The lowest BCUT2D eigenvalue weighted by Gasteiger charge is -2.37. The monoisotopic (exact) mass is 358 g/mol. The SMILES string of the molecule is O=C(O)[C@H](c1cccc(O)c1)N1CCN(Cc2ccc(F)cc2)C(=O)C1. The van der Waals surface area contributed by atoms with Gasteiger partial charge >= 0.3 is 5.97 Å². The molecule has 1 aliphatic rings. The van der Waals surface area contributed by atoms with Gasteiger partial charge in [0.15, 0.2) is 0 Å². The number of nitrogens with zero attached hydrogens (tertiary/aromatic N) is 2. The van der Waals surface area contributed by atoms with Crippen molar-refractivity contribution in [2.24, 2.45) is 0 Å². The molecule has 1 fully saturated rings. The maximum atomic E-state index is 13.0. The van der Waals surface area contributed by atoms with E-state index in [1.165, 1.54) is 24.3 Å². The Morgan fingerprint density at radius 3 is 2.50 bits per heavy atom. The Hall–Kier alpha value is -2.93. The number of phenols is 1. The van der Waals surface area contributed by atoms with Gasteiger partial charge in [-0.15, -0.1) is 0 Å². The van der Waals surface area contributed by atoms with E-state index in [-0.39, 0.29) is 24.0 Å². The summed E-state index contributed by atoms with van der Waals surface area (Å²) in [5.41, 5.74) is 1.24. The van der Waals surface area contributed by atoms with Crippen molar-refractivity contribution in [3.8, 4) is 5.75 Å². The number of piperazine rings is 1. The Labute approximate surface area is 150 Å². The molecular formula is C19H19FN2O4. The molecule has 1 atom stereocenters. The van der Waals surface area contributed by atoms with Crippen LogP contribution in [0.2, 0.25) is 0 Å². The molecule has 2 N–H and O–H groups in total. The molecule has 0 radical (unpaired) electrons. The zero-order chi connectivity index (χ0) is 18.7. The third-order valence-corrected chi connectivity index (χ3v) is 4.42. The second-order valence-corrected chi connectivity index (χ2v) is 6.25. The van der Waals surface area contributed by atoms with Crippen LogP contribution in [0.3, 0.4) is 0 Å². The number of carboxylic acid groups (broad SMARTS) is 1. The van der Waals surface area contributed by atoms with Crippen LogP contribution in [-0.4, -0.2) is 51.5 Å². The Kier molecular flexibility index (Phi) is 5.18. The minimum absolute atomic E-state index is 0.0185. The molecule has 26 heavy (non-hydrogen) atoms. The summed E-state index contributed by atoms with van der Waals surface area (Å²) in [5.74, 6) is -1.61. The second kappa shape index (κ2) is 7.53.